The van der Waals surface area contributed by atoms with Crippen molar-refractivity contribution in [3.63, 3.8) is 0 Å². The van der Waals surface area contributed by atoms with Crippen molar-refractivity contribution in [2.24, 2.45) is 0 Å². The molecule has 23 heavy (non-hydrogen) atoms. The van der Waals surface area contributed by atoms with E-state index in [-0.39, 0.29) is 11.4 Å². The molecule has 0 amide bonds. The van der Waals surface area contributed by atoms with Crippen LogP contribution in [-0.2, 0) is 16.6 Å². The summed E-state index contributed by atoms with van der Waals surface area (Å²) in [6.45, 7) is 0.0779. The van der Waals surface area contributed by atoms with E-state index in [2.05, 4.69) is 4.72 Å². The van der Waals surface area contributed by atoms with Gasteiger partial charge in [-0.1, -0.05) is 65.7 Å². The molecule has 0 spiro atoms. The van der Waals surface area contributed by atoms with Crippen molar-refractivity contribution in [2.45, 2.75) is 11.4 Å². The van der Waals surface area contributed by atoms with E-state index in [0.29, 0.717) is 15.6 Å². The van der Waals surface area contributed by atoms with E-state index < -0.39 is 10.0 Å². The fourth-order valence-corrected chi connectivity index (χ4v) is 3.70. The van der Waals surface area contributed by atoms with Gasteiger partial charge in [-0.3, -0.25) is 0 Å². The van der Waals surface area contributed by atoms with Crippen LogP contribution in [0.25, 0.3) is 10.8 Å². The standard InChI is InChI=1S/C17H13Cl2NO2S/c18-16-7-3-6-14(17(16)19)11-20-23(21,22)15-9-8-12-4-1-2-5-13(12)10-15/h1-10,20H,11H2. The lowest BCUT2D eigenvalue weighted by molar-refractivity contribution is 0.581. The van der Waals surface area contributed by atoms with Crippen molar-refractivity contribution in [1.82, 2.24) is 4.72 Å². The third-order valence-corrected chi connectivity index (χ3v) is 5.77. The summed E-state index contributed by atoms with van der Waals surface area (Å²) in [5.41, 5.74) is 0.628. The lowest BCUT2D eigenvalue weighted by atomic mass is 10.1. The Kier molecular flexibility index (Phi) is 4.60. The van der Waals surface area contributed by atoms with Gasteiger partial charge in [0.2, 0.25) is 10.0 Å². The molecule has 0 atom stereocenters. The smallest absolute Gasteiger partial charge is 0.207 e. The van der Waals surface area contributed by atoms with Gasteiger partial charge in [-0.2, -0.15) is 0 Å². The monoisotopic (exact) mass is 365 g/mol. The molecule has 0 saturated carbocycles. The molecule has 3 aromatic rings. The first kappa shape index (κ1) is 16.3. The zero-order valence-corrected chi connectivity index (χ0v) is 14.3. The van der Waals surface area contributed by atoms with Crippen molar-refractivity contribution in [1.29, 1.82) is 0 Å². The highest BCUT2D eigenvalue weighted by Gasteiger charge is 2.15. The Morgan fingerprint density at radius 2 is 1.61 bits per heavy atom. The van der Waals surface area contributed by atoms with Crippen LogP contribution in [0.5, 0.6) is 0 Å². The summed E-state index contributed by atoms with van der Waals surface area (Å²) in [7, 11) is -3.63. The van der Waals surface area contributed by atoms with Crippen LogP contribution in [-0.4, -0.2) is 8.42 Å². The third kappa shape index (κ3) is 3.51. The van der Waals surface area contributed by atoms with Crippen LogP contribution in [0.1, 0.15) is 5.56 Å². The lowest BCUT2D eigenvalue weighted by Crippen LogP contribution is -2.23. The minimum absolute atomic E-state index is 0.0779. The zero-order valence-electron chi connectivity index (χ0n) is 12.0. The minimum atomic E-state index is -3.63. The van der Waals surface area contributed by atoms with E-state index >= 15 is 0 Å². The molecule has 0 bridgehead atoms. The summed E-state index contributed by atoms with van der Waals surface area (Å²) < 4.78 is 27.5. The van der Waals surface area contributed by atoms with Crippen molar-refractivity contribution in [2.75, 3.05) is 0 Å². The van der Waals surface area contributed by atoms with Gasteiger partial charge >= 0.3 is 0 Å². The number of fused-ring (bicyclic) bond motifs is 1. The first-order chi connectivity index (χ1) is 11.0. The Morgan fingerprint density at radius 1 is 0.870 bits per heavy atom. The Morgan fingerprint density at radius 3 is 2.39 bits per heavy atom. The van der Waals surface area contributed by atoms with E-state index in [4.69, 9.17) is 23.2 Å². The molecule has 0 fully saturated rings. The largest absolute Gasteiger partial charge is 0.240 e. The molecule has 0 aliphatic carbocycles. The zero-order chi connectivity index (χ0) is 16.4. The summed E-state index contributed by atoms with van der Waals surface area (Å²) in [6, 6.07) is 17.7. The number of rotatable bonds is 4. The highest BCUT2D eigenvalue weighted by Crippen LogP contribution is 2.26. The van der Waals surface area contributed by atoms with Gasteiger partial charge in [0.25, 0.3) is 0 Å². The summed E-state index contributed by atoms with van der Waals surface area (Å²) in [5, 5.41) is 2.62. The number of hydrogen-bond acceptors (Lipinski definition) is 2. The molecule has 3 rings (SSSR count). The van der Waals surface area contributed by atoms with Gasteiger partial charge in [-0.25, -0.2) is 13.1 Å². The molecule has 0 heterocycles. The summed E-state index contributed by atoms with van der Waals surface area (Å²) in [6.07, 6.45) is 0. The van der Waals surface area contributed by atoms with Gasteiger partial charge in [0, 0.05) is 6.54 Å². The Bertz CT molecular complexity index is 971. The molecule has 118 valence electrons. The second-order valence-corrected chi connectivity index (χ2v) is 7.60. The van der Waals surface area contributed by atoms with Crippen LogP contribution in [0, 0.1) is 0 Å². The topological polar surface area (TPSA) is 46.2 Å². The molecule has 1 N–H and O–H groups in total. The van der Waals surface area contributed by atoms with Crippen molar-refractivity contribution in [3.05, 3.63) is 76.3 Å². The minimum Gasteiger partial charge on any atom is -0.207 e. The summed E-state index contributed by atoms with van der Waals surface area (Å²) >= 11 is 12.0. The van der Waals surface area contributed by atoms with E-state index in [0.717, 1.165) is 10.8 Å². The maximum atomic E-state index is 12.5. The summed E-state index contributed by atoms with van der Waals surface area (Å²) in [5.74, 6) is 0. The van der Waals surface area contributed by atoms with Gasteiger partial charge in [-0.05, 0) is 34.5 Å². The van der Waals surface area contributed by atoms with Crippen molar-refractivity contribution >= 4 is 44.0 Å². The first-order valence-corrected chi connectivity index (χ1v) is 9.13. The highest BCUT2D eigenvalue weighted by molar-refractivity contribution is 7.89. The van der Waals surface area contributed by atoms with Gasteiger partial charge in [0.1, 0.15) is 0 Å². The molecule has 3 aromatic carbocycles. The number of sulfonamides is 1. The van der Waals surface area contributed by atoms with Gasteiger partial charge in [0.15, 0.2) is 0 Å². The fraction of sp³-hybridized carbons (Fsp3) is 0.0588. The number of hydrogen-bond donors (Lipinski definition) is 1. The quantitative estimate of drug-likeness (QED) is 0.732. The molecular weight excluding hydrogens is 353 g/mol. The number of benzene rings is 3. The molecule has 0 aliphatic heterocycles. The average molecular weight is 366 g/mol. The van der Waals surface area contributed by atoms with Gasteiger partial charge in [0.05, 0.1) is 14.9 Å². The Balaban J connectivity index is 1.87. The van der Waals surface area contributed by atoms with Crippen LogP contribution >= 0.6 is 23.2 Å². The number of halogens is 2. The van der Waals surface area contributed by atoms with Crippen LogP contribution in [0.3, 0.4) is 0 Å². The van der Waals surface area contributed by atoms with Crippen molar-refractivity contribution < 1.29 is 8.42 Å². The van der Waals surface area contributed by atoms with Crippen molar-refractivity contribution in [3.8, 4) is 0 Å². The Labute approximate surface area is 144 Å². The summed E-state index contributed by atoms with van der Waals surface area (Å²) in [4.78, 5) is 0.217. The Hall–Kier alpha value is -1.59. The van der Waals surface area contributed by atoms with E-state index in [9.17, 15) is 8.42 Å². The fourth-order valence-electron chi connectivity index (χ4n) is 2.28. The predicted molar refractivity (Wildman–Crippen MR) is 94.4 cm³/mol. The van der Waals surface area contributed by atoms with E-state index in [1.807, 2.05) is 24.3 Å². The molecule has 0 radical (unpaired) electrons. The molecule has 6 heteroatoms. The normalized spacial score (nSPS) is 11.7. The molecule has 0 aliphatic rings. The second kappa shape index (κ2) is 6.49. The van der Waals surface area contributed by atoms with Crippen LogP contribution < -0.4 is 4.72 Å². The second-order valence-electron chi connectivity index (χ2n) is 5.05. The molecule has 0 unspecified atom stereocenters. The molecule has 3 nitrogen and oxygen atoms in total. The number of nitrogens with one attached hydrogen (secondary N) is 1. The van der Waals surface area contributed by atoms with E-state index in [1.165, 1.54) is 0 Å². The third-order valence-electron chi connectivity index (χ3n) is 3.52. The van der Waals surface area contributed by atoms with Gasteiger partial charge in [-0.15, -0.1) is 0 Å². The maximum Gasteiger partial charge on any atom is 0.240 e. The SMILES string of the molecule is O=S(=O)(NCc1cccc(Cl)c1Cl)c1ccc2ccccc2c1. The predicted octanol–water partition coefficient (Wildman–Crippen LogP) is 4.63. The molecular formula is C17H13Cl2NO2S. The van der Waals surface area contributed by atoms with E-state index in [1.54, 1.807) is 36.4 Å². The van der Waals surface area contributed by atoms with Crippen LogP contribution in [0.4, 0.5) is 0 Å². The maximum absolute atomic E-state index is 12.5. The molecule has 0 saturated heterocycles. The van der Waals surface area contributed by atoms with Gasteiger partial charge < -0.3 is 0 Å². The van der Waals surface area contributed by atoms with Crippen LogP contribution in [0.2, 0.25) is 10.0 Å². The average Bonchev–Trinajstić information content (AvgIpc) is 2.56. The molecule has 0 aromatic heterocycles. The lowest BCUT2D eigenvalue weighted by Gasteiger charge is -2.09. The highest BCUT2D eigenvalue weighted by atomic mass is 35.5. The first-order valence-electron chi connectivity index (χ1n) is 6.89. The van der Waals surface area contributed by atoms with Crippen LogP contribution in [0.15, 0.2) is 65.6 Å².